The summed E-state index contributed by atoms with van der Waals surface area (Å²) in [6.07, 6.45) is 1.88. The van der Waals surface area contributed by atoms with Crippen molar-refractivity contribution in [2.24, 2.45) is 0 Å². The second-order valence-electron chi connectivity index (χ2n) is 7.06. The number of hydrogen-bond donors (Lipinski definition) is 2. The molecule has 0 radical (unpaired) electrons. The summed E-state index contributed by atoms with van der Waals surface area (Å²) in [6, 6.07) is 15.8. The topological polar surface area (TPSA) is 70.7 Å². The standard InChI is InChI=1S/C21H23N3O3/c25-20-14-27-19-12-16(6-7-18(19)23-20)21(26)22-17-8-10-24(11-9-17)13-15-4-2-1-3-5-15/h1-7,12,17H,8-11,13-14H2,(H,22,26)(H,23,25). The fourth-order valence-corrected chi connectivity index (χ4v) is 3.56. The average molecular weight is 365 g/mol. The van der Waals surface area contributed by atoms with Gasteiger partial charge in [0.15, 0.2) is 6.61 Å². The van der Waals surface area contributed by atoms with Gasteiger partial charge in [-0.2, -0.15) is 0 Å². The quantitative estimate of drug-likeness (QED) is 0.873. The summed E-state index contributed by atoms with van der Waals surface area (Å²) in [5, 5.41) is 5.86. The molecule has 2 aliphatic heterocycles. The van der Waals surface area contributed by atoms with Crippen LogP contribution < -0.4 is 15.4 Å². The van der Waals surface area contributed by atoms with E-state index in [4.69, 9.17) is 4.74 Å². The maximum absolute atomic E-state index is 12.6. The fraction of sp³-hybridized carbons (Fsp3) is 0.333. The van der Waals surface area contributed by atoms with Crippen molar-refractivity contribution >= 4 is 17.5 Å². The Labute approximate surface area is 158 Å². The lowest BCUT2D eigenvalue weighted by Gasteiger charge is -2.32. The van der Waals surface area contributed by atoms with Gasteiger partial charge in [-0.05, 0) is 36.6 Å². The molecule has 0 spiro atoms. The molecule has 2 N–H and O–H groups in total. The molecule has 0 bridgehead atoms. The third kappa shape index (κ3) is 4.28. The van der Waals surface area contributed by atoms with Crippen molar-refractivity contribution in [1.29, 1.82) is 0 Å². The minimum Gasteiger partial charge on any atom is -0.482 e. The summed E-state index contributed by atoms with van der Waals surface area (Å²) in [4.78, 5) is 26.3. The molecule has 0 unspecified atom stereocenters. The Morgan fingerprint density at radius 1 is 1.15 bits per heavy atom. The maximum atomic E-state index is 12.6. The van der Waals surface area contributed by atoms with Crippen molar-refractivity contribution in [3.05, 3.63) is 59.7 Å². The minimum atomic E-state index is -0.179. The van der Waals surface area contributed by atoms with Gasteiger partial charge in [0.2, 0.25) is 0 Å². The number of nitrogens with one attached hydrogen (secondary N) is 2. The first-order valence-electron chi connectivity index (χ1n) is 9.31. The van der Waals surface area contributed by atoms with E-state index in [0.29, 0.717) is 17.0 Å². The zero-order valence-corrected chi connectivity index (χ0v) is 15.1. The van der Waals surface area contributed by atoms with Crippen molar-refractivity contribution in [2.75, 3.05) is 25.0 Å². The zero-order chi connectivity index (χ0) is 18.6. The molecule has 2 heterocycles. The van der Waals surface area contributed by atoms with Crippen LogP contribution in [0.1, 0.15) is 28.8 Å². The number of amides is 2. The van der Waals surface area contributed by atoms with E-state index in [1.165, 1.54) is 5.56 Å². The second kappa shape index (κ2) is 7.80. The third-order valence-corrected chi connectivity index (χ3v) is 5.05. The molecule has 6 heteroatoms. The number of carbonyl (C=O) groups is 2. The minimum absolute atomic E-state index is 0.0159. The normalized spacial score (nSPS) is 17.6. The first-order valence-corrected chi connectivity index (χ1v) is 9.31. The molecule has 0 saturated carbocycles. The number of benzene rings is 2. The molecule has 1 fully saturated rings. The second-order valence-corrected chi connectivity index (χ2v) is 7.06. The van der Waals surface area contributed by atoms with Gasteiger partial charge >= 0.3 is 0 Å². The van der Waals surface area contributed by atoms with Gasteiger partial charge in [-0.3, -0.25) is 14.5 Å². The van der Waals surface area contributed by atoms with E-state index < -0.39 is 0 Å². The van der Waals surface area contributed by atoms with Crippen molar-refractivity contribution < 1.29 is 14.3 Å². The monoisotopic (exact) mass is 365 g/mol. The van der Waals surface area contributed by atoms with Crippen LogP contribution in [0.25, 0.3) is 0 Å². The number of fused-ring (bicyclic) bond motifs is 1. The highest BCUT2D eigenvalue weighted by atomic mass is 16.5. The Morgan fingerprint density at radius 3 is 2.70 bits per heavy atom. The predicted molar refractivity (Wildman–Crippen MR) is 103 cm³/mol. The lowest BCUT2D eigenvalue weighted by molar-refractivity contribution is -0.118. The number of likely N-dealkylation sites (tertiary alicyclic amines) is 1. The Balaban J connectivity index is 1.30. The molecule has 2 aromatic rings. The highest BCUT2D eigenvalue weighted by molar-refractivity contribution is 5.99. The fourth-order valence-electron chi connectivity index (χ4n) is 3.56. The Bertz CT molecular complexity index is 830. The smallest absolute Gasteiger partial charge is 0.262 e. The molecule has 6 nitrogen and oxygen atoms in total. The summed E-state index contributed by atoms with van der Waals surface area (Å²) in [7, 11) is 0. The molecule has 4 rings (SSSR count). The van der Waals surface area contributed by atoms with Gasteiger partial charge in [-0.15, -0.1) is 0 Å². The molecule has 0 aliphatic carbocycles. The number of ether oxygens (including phenoxy) is 1. The van der Waals surface area contributed by atoms with Gasteiger partial charge in [0.1, 0.15) is 5.75 Å². The van der Waals surface area contributed by atoms with Gasteiger partial charge in [-0.1, -0.05) is 30.3 Å². The number of rotatable bonds is 4. The molecule has 1 saturated heterocycles. The van der Waals surface area contributed by atoms with Crippen molar-refractivity contribution in [3.8, 4) is 5.75 Å². The number of piperidine rings is 1. The van der Waals surface area contributed by atoms with Gasteiger partial charge in [-0.25, -0.2) is 0 Å². The Hall–Kier alpha value is -2.86. The molecule has 27 heavy (non-hydrogen) atoms. The van der Waals surface area contributed by atoms with Gasteiger partial charge in [0.05, 0.1) is 5.69 Å². The van der Waals surface area contributed by atoms with Crippen LogP contribution >= 0.6 is 0 Å². The first kappa shape index (κ1) is 17.5. The molecular formula is C21H23N3O3. The van der Waals surface area contributed by atoms with Crippen molar-refractivity contribution in [3.63, 3.8) is 0 Å². The van der Waals surface area contributed by atoms with Crippen molar-refractivity contribution in [1.82, 2.24) is 10.2 Å². The number of carbonyl (C=O) groups excluding carboxylic acids is 2. The van der Waals surface area contributed by atoms with Crippen LogP contribution in [0.4, 0.5) is 5.69 Å². The first-order chi connectivity index (χ1) is 13.2. The van der Waals surface area contributed by atoms with E-state index in [1.54, 1.807) is 18.2 Å². The van der Waals surface area contributed by atoms with Crippen LogP contribution in [0.3, 0.4) is 0 Å². The van der Waals surface area contributed by atoms with Crippen LogP contribution in [0, 0.1) is 0 Å². The van der Waals surface area contributed by atoms with E-state index in [1.807, 2.05) is 6.07 Å². The lowest BCUT2D eigenvalue weighted by Crippen LogP contribution is -2.44. The summed E-state index contributed by atoms with van der Waals surface area (Å²) in [5.74, 6) is 0.265. The van der Waals surface area contributed by atoms with Crippen LogP contribution in [0.2, 0.25) is 0 Å². The van der Waals surface area contributed by atoms with E-state index in [2.05, 4.69) is 39.8 Å². The van der Waals surface area contributed by atoms with E-state index in [9.17, 15) is 9.59 Å². The molecule has 140 valence electrons. The molecule has 2 aromatic carbocycles. The summed E-state index contributed by atoms with van der Waals surface area (Å²) < 4.78 is 5.39. The van der Waals surface area contributed by atoms with Crippen LogP contribution in [-0.2, 0) is 11.3 Å². The molecule has 2 aliphatic rings. The molecule has 0 aromatic heterocycles. The molecule has 2 amide bonds. The van der Waals surface area contributed by atoms with E-state index in [-0.39, 0.29) is 24.5 Å². The van der Waals surface area contributed by atoms with Gasteiger partial charge < -0.3 is 15.4 Å². The number of hydrogen-bond acceptors (Lipinski definition) is 4. The van der Waals surface area contributed by atoms with E-state index >= 15 is 0 Å². The summed E-state index contributed by atoms with van der Waals surface area (Å²) in [6.45, 7) is 2.88. The van der Waals surface area contributed by atoms with E-state index in [0.717, 1.165) is 32.5 Å². The van der Waals surface area contributed by atoms with Crippen LogP contribution in [0.15, 0.2) is 48.5 Å². The number of anilines is 1. The van der Waals surface area contributed by atoms with Crippen LogP contribution in [0.5, 0.6) is 5.75 Å². The Kier molecular flexibility index (Phi) is 5.07. The summed E-state index contributed by atoms with van der Waals surface area (Å²) in [5.41, 5.74) is 2.48. The van der Waals surface area contributed by atoms with Gasteiger partial charge in [0.25, 0.3) is 11.8 Å². The highest BCUT2D eigenvalue weighted by Crippen LogP contribution is 2.28. The van der Waals surface area contributed by atoms with Crippen molar-refractivity contribution in [2.45, 2.75) is 25.4 Å². The third-order valence-electron chi connectivity index (χ3n) is 5.05. The average Bonchev–Trinajstić information content (AvgIpc) is 2.70. The number of nitrogens with zero attached hydrogens (tertiary/aromatic N) is 1. The van der Waals surface area contributed by atoms with Crippen LogP contribution in [-0.4, -0.2) is 42.5 Å². The zero-order valence-electron chi connectivity index (χ0n) is 15.1. The SMILES string of the molecule is O=C1COc2cc(C(=O)NC3CCN(Cc4ccccc4)CC3)ccc2N1. The molecular weight excluding hydrogens is 342 g/mol. The van der Waals surface area contributed by atoms with Gasteiger partial charge in [0, 0.05) is 31.2 Å². The molecule has 0 atom stereocenters. The predicted octanol–water partition coefficient (Wildman–Crippen LogP) is 2.41. The maximum Gasteiger partial charge on any atom is 0.262 e. The lowest BCUT2D eigenvalue weighted by atomic mass is 10.0. The summed E-state index contributed by atoms with van der Waals surface area (Å²) >= 11 is 0. The highest BCUT2D eigenvalue weighted by Gasteiger charge is 2.22. The Morgan fingerprint density at radius 2 is 1.93 bits per heavy atom. The largest absolute Gasteiger partial charge is 0.482 e.